The number of benzene rings is 1. The Morgan fingerprint density at radius 1 is 1.44 bits per heavy atom. The van der Waals surface area contributed by atoms with Crippen LogP contribution in [-0.4, -0.2) is 41.8 Å². The van der Waals surface area contributed by atoms with Crippen LogP contribution in [0.3, 0.4) is 0 Å². The lowest BCUT2D eigenvalue weighted by Crippen LogP contribution is -2.44. The van der Waals surface area contributed by atoms with E-state index >= 15 is 0 Å². The Kier molecular flexibility index (Phi) is 4.33. The van der Waals surface area contributed by atoms with Crippen molar-refractivity contribution in [1.29, 1.82) is 0 Å². The van der Waals surface area contributed by atoms with E-state index in [-0.39, 0.29) is 0 Å². The number of carboxylic acids is 1. The summed E-state index contributed by atoms with van der Waals surface area (Å²) in [5.74, 6) is -0.876. The Bertz CT molecular complexity index is 402. The van der Waals surface area contributed by atoms with Crippen LogP contribution < -0.4 is 0 Å². The number of aromatic carboxylic acids is 1. The molecule has 2 rings (SSSR count). The maximum atomic E-state index is 10.8. The fraction of sp³-hybridized carbons (Fsp3) is 0.500. The fourth-order valence-corrected chi connectivity index (χ4v) is 2.26. The van der Waals surface area contributed by atoms with E-state index in [4.69, 9.17) is 9.84 Å². The SMILES string of the molecule is CCC1COCCN1Cc1ccc(C(=O)O)cc1. The third-order valence-electron chi connectivity index (χ3n) is 3.41. The lowest BCUT2D eigenvalue weighted by atomic mass is 10.1. The number of hydrogen-bond acceptors (Lipinski definition) is 3. The van der Waals surface area contributed by atoms with Crippen LogP contribution in [0.15, 0.2) is 24.3 Å². The summed E-state index contributed by atoms with van der Waals surface area (Å²) in [4.78, 5) is 13.2. The summed E-state index contributed by atoms with van der Waals surface area (Å²) in [5, 5.41) is 8.85. The minimum absolute atomic E-state index is 0.341. The van der Waals surface area contributed by atoms with Gasteiger partial charge in [0.15, 0.2) is 0 Å². The van der Waals surface area contributed by atoms with Gasteiger partial charge in [0.25, 0.3) is 0 Å². The van der Waals surface area contributed by atoms with Crippen molar-refractivity contribution in [3.63, 3.8) is 0 Å². The molecule has 1 aliphatic rings. The van der Waals surface area contributed by atoms with Crippen molar-refractivity contribution in [1.82, 2.24) is 4.90 Å². The molecule has 0 saturated carbocycles. The van der Waals surface area contributed by atoms with Gasteiger partial charge in [-0.15, -0.1) is 0 Å². The molecule has 1 saturated heterocycles. The molecule has 4 heteroatoms. The second-order valence-electron chi connectivity index (χ2n) is 4.61. The van der Waals surface area contributed by atoms with Gasteiger partial charge in [-0.1, -0.05) is 19.1 Å². The minimum atomic E-state index is -0.876. The largest absolute Gasteiger partial charge is 0.478 e. The van der Waals surface area contributed by atoms with Gasteiger partial charge in [0.05, 0.1) is 18.8 Å². The van der Waals surface area contributed by atoms with Crippen LogP contribution >= 0.6 is 0 Å². The molecule has 0 radical (unpaired) electrons. The van der Waals surface area contributed by atoms with Crippen molar-refractivity contribution in [2.45, 2.75) is 25.9 Å². The van der Waals surface area contributed by atoms with Crippen molar-refractivity contribution in [3.8, 4) is 0 Å². The smallest absolute Gasteiger partial charge is 0.335 e. The monoisotopic (exact) mass is 249 g/mol. The summed E-state index contributed by atoms with van der Waals surface area (Å²) in [6.45, 7) is 5.55. The van der Waals surface area contributed by atoms with Gasteiger partial charge in [0.1, 0.15) is 0 Å². The van der Waals surface area contributed by atoms with Crippen LogP contribution in [-0.2, 0) is 11.3 Å². The summed E-state index contributed by atoms with van der Waals surface area (Å²) in [6, 6.07) is 7.59. The van der Waals surface area contributed by atoms with Crippen LogP contribution in [0.25, 0.3) is 0 Å². The van der Waals surface area contributed by atoms with Gasteiger partial charge in [-0.25, -0.2) is 4.79 Å². The molecule has 1 aromatic rings. The standard InChI is InChI=1S/C14H19NO3/c1-2-13-10-18-8-7-15(13)9-11-3-5-12(6-4-11)14(16)17/h3-6,13H,2,7-10H2,1H3,(H,16,17). The molecule has 1 unspecified atom stereocenters. The van der Waals surface area contributed by atoms with E-state index in [0.717, 1.165) is 38.3 Å². The average Bonchev–Trinajstić information content (AvgIpc) is 2.40. The number of ether oxygens (including phenoxy) is 1. The van der Waals surface area contributed by atoms with Crippen molar-refractivity contribution in [3.05, 3.63) is 35.4 Å². The molecule has 1 fully saturated rings. The van der Waals surface area contributed by atoms with Crippen LogP contribution in [0.4, 0.5) is 0 Å². The third kappa shape index (κ3) is 3.09. The molecule has 4 nitrogen and oxygen atoms in total. The summed E-state index contributed by atoms with van der Waals surface area (Å²) in [7, 11) is 0. The molecule has 0 amide bonds. The number of morpholine rings is 1. The number of carboxylic acid groups (broad SMARTS) is 1. The molecule has 0 spiro atoms. The van der Waals surface area contributed by atoms with E-state index in [1.807, 2.05) is 12.1 Å². The summed E-state index contributed by atoms with van der Waals surface area (Å²) in [5.41, 5.74) is 1.49. The normalized spacial score (nSPS) is 20.8. The van der Waals surface area contributed by atoms with Gasteiger partial charge in [-0.2, -0.15) is 0 Å². The summed E-state index contributed by atoms with van der Waals surface area (Å²) < 4.78 is 5.47. The van der Waals surface area contributed by atoms with Crippen LogP contribution in [0.2, 0.25) is 0 Å². The number of carbonyl (C=O) groups is 1. The summed E-state index contributed by atoms with van der Waals surface area (Å²) in [6.07, 6.45) is 1.08. The Labute approximate surface area is 107 Å². The zero-order chi connectivity index (χ0) is 13.0. The molecule has 1 heterocycles. The van der Waals surface area contributed by atoms with Crippen molar-refractivity contribution < 1.29 is 14.6 Å². The molecular formula is C14H19NO3. The molecule has 1 N–H and O–H groups in total. The molecule has 1 aromatic carbocycles. The zero-order valence-corrected chi connectivity index (χ0v) is 10.6. The molecule has 98 valence electrons. The Balaban J connectivity index is 2.01. The molecule has 1 aliphatic heterocycles. The minimum Gasteiger partial charge on any atom is -0.478 e. The number of nitrogens with zero attached hydrogens (tertiary/aromatic N) is 1. The first kappa shape index (κ1) is 13.1. The van der Waals surface area contributed by atoms with Gasteiger partial charge >= 0.3 is 5.97 Å². The first-order valence-corrected chi connectivity index (χ1v) is 6.34. The topological polar surface area (TPSA) is 49.8 Å². The maximum absolute atomic E-state index is 10.8. The van der Waals surface area contributed by atoms with Gasteiger partial charge in [0, 0.05) is 19.1 Å². The van der Waals surface area contributed by atoms with E-state index in [1.54, 1.807) is 12.1 Å². The van der Waals surface area contributed by atoms with Crippen LogP contribution in [0.1, 0.15) is 29.3 Å². The van der Waals surface area contributed by atoms with Crippen molar-refractivity contribution >= 4 is 5.97 Å². The number of hydrogen-bond donors (Lipinski definition) is 1. The predicted molar refractivity (Wildman–Crippen MR) is 68.7 cm³/mol. The van der Waals surface area contributed by atoms with Crippen molar-refractivity contribution in [2.24, 2.45) is 0 Å². The van der Waals surface area contributed by atoms with E-state index in [1.165, 1.54) is 0 Å². The van der Waals surface area contributed by atoms with Crippen molar-refractivity contribution in [2.75, 3.05) is 19.8 Å². The second kappa shape index (κ2) is 5.98. The van der Waals surface area contributed by atoms with Gasteiger partial charge in [0.2, 0.25) is 0 Å². The van der Waals surface area contributed by atoms with E-state index < -0.39 is 5.97 Å². The molecule has 1 atom stereocenters. The molecular weight excluding hydrogens is 230 g/mol. The van der Waals surface area contributed by atoms with E-state index in [2.05, 4.69) is 11.8 Å². The first-order chi connectivity index (χ1) is 8.70. The highest BCUT2D eigenvalue weighted by molar-refractivity contribution is 5.87. The van der Waals surface area contributed by atoms with Gasteiger partial charge in [-0.3, -0.25) is 4.90 Å². The van der Waals surface area contributed by atoms with Gasteiger partial charge < -0.3 is 9.84 Å². The first-order valence-electron chi connectivity index (χ1n) is 6.34. The highest BCUT2D eigenvalue weighted by atomic mass is 16.5. The fourth-order valence-electron chi connectivity index (χ4n) is 2.26. The lowest BCUT2D eigenvalue weighted by molar-refractivity contribution is -0.0127. The van der Waals surface area contributed by atoms with Crippen LogP contribution in [0.5, 0.6) is 0 Å². The average molecular weight is 249 g/mol. The Hall–Kier alpha value is -1.39. The predicted octanol–water partition coefficient (Wildman–Crippen LogP) is 2.00. The number of rotatable bonds is 4. The maximum Gasteiger partial charge on any atom is 0.335 e. The highest BCUT2D eigenvalue weighted by Gasteiger charge is 2.21. The molecule has 0 bridgehead atoms. The highest BCUT2D eigenvalue weighted by Crippen LogP contribution is 2.15. The van der Waals surface area contributed by atoms with E-state index in [0.29, 0.717) is 11.6 Å². The second-order valence-corrected chi connectivity index (χ2v) is 4.61. The molecule has 18 heavy (non-hydrogen) atoms. The molecule has 0 aromatic heterocycles. The third-order valence-corrected chi connectivity index (χ3v) is 3.41. The van der Waals surface area contributed by atoms with Gasteiger partial charge in [-0.05, 0) is 24.1 Å². The Morgan fingerprint density at radius 3 is 2.78 bits per heavy atom. The summed E-state index contributed by atoms with van der Waals surface area (Å²) >= 11 is 0. The zero-order valence-electron chi connectivity index (χ0n) is 10.6. The van der Waals surface area contributed by atoms with E-state index in [9.17, 15) is 4.79 Å². The Morgan fingerprint density at radius 2 is 2.17 bits per heavy atom. The lowest BCUT2D eigenvalue weighted by Gasteiger charge is -2.35. The quantitative estimate of drug-likeness (QED) is 0.886. The van der Waals surface area contributed by atoms with Crippen LogP contribution in [0, 0.1) is 0 Å². The molecule has 0 aliphatic carbocycles.